The summed E-state index contributed by atoms with van der Waals surface area (Å²) >= 11 is 0. The number of aryl methyl sites for hydroxylation is 1. The van der Waals surface area contributed by atoms with Crippen LogP contribution in [-0.2, 0) is 6.61 Å². The number of carbonyl (C=O) groups is 1. The molecule has 0 aliphatic rings. The molecule has 0 atom stereocenters. The van der Waals surface area contributed by atoms with Crippen molar-refractivity contribution in [3.05, 3.63) is 53.5 Å². The Morgan fingerprint density at radius 3 is 2.94 bits per heavy atom. The first-order valence-corrected chi connectivity index (χ1v) is 5.48. The fourth-order valence-corrected chi connectivity index (χ4v) is 1.51. The molecule has 1 heterocycles. The molecule has 1 aromatic carbocycles. The molecule has 0 fully saturated rings. The molecule has 0 saturated carbocycles. The topological polar surface area (TPSA) is 77.5 Å². The molecule has 0 unspecified atom stereocenters. The first-order chi connectivity index (χ1) is 8.69. The Labute approximate surface area is 105 Å². The van der Waals surface area contributed by atoms with Gasteiger partial charge in [0.1, 0.15) is 18.1 Å². The summed E-state index contributed by atoms with van der Waals surface area (Å²) in [5.41, 5.74) is 3.12. The molecule has 0 radical (unpaired) electrons. The molecule has 94 valence electrons. The minimum atomic E-state index is -0.461. The van der Waals surface area contributed by atoms with E-state index in [4.69, 9.17) is 15.0 Å². The van der Waals surface area contributed by atoms with E-state index >= 15 is 0 Å². The van der Waals surface area contributed by atoms with E-state index in [-0.39, 0.29) is 12.4 Å². The van der Waals surface area contributed by atoms with Crippen LogP contribution in [0.2, 0.25) is 0 Å². The molecule has 2 aromatic rings. The summed E-state index contributed by atoms with van der Waals surface area (Å²) in [7, 11) is 0. The number of furan rings is 1. The van der Waals surface area contributed by atoms with E-state index in [0.717, 1.165) is 11.3 Å². The van der Waals surface area contributed by atoms with Crippen molar-refractivity contribution in [1.82, 2.24) is 5.43 Å². The molecule has 1 aromatic heterocycles. The molecule has 0 bridgehead atoms. The zero-order valence-electron chi connectivity index (χ0n) is 9.97. The maximum atomic E-state index is 11.2. The molecule has 0 aliphatic carbocycles. The van der Waals surface area contributed by atoms with Crippen molar-refractivity contribution < 1.29 is 13.9 Å². The number of hydrogen-bond acceptors (Lipinski definition) is 4. The van der Waals surface area contributed by atoms with Gasteiger partial charge >= 0.3 is 5.91 Å². The number of nitrogens with two attached hydrogens (primary N) is 1. The Bertz CT molecular complexity index is 549. The number of rotatable bonds is 4. The van der Waals surface area contributed by atoms with Gasteiger partial charge in [0.2, 0.25) is 0 Å². The lowest BCUT2D eigenvalue weighted by molar-refractivity contribution is 0.0922. The summed E-state index contributed by atoms with van der Waals surface area (Å²) < 4.78 is 10.8. The summed E-state index contributed by atoms with van der Waals surface area (Å²) in [6.45, 7) is 2.25. The van der Waals surface area contributed by atoms with Crippen LogP contribution in [-0.4, -0.2) is 5.91 Å². The Balaban J connectivity index is 1.98. The van der Waals surface area contributed by atoms with E-state index in [2.05, 4.69) is 0 Å². The molecule has 18 heavy (non-hydrogen) atoms. The van der Waals surface area contributed by atoms with Crippen molar-refractivity contribution in [2.75, 3.05) is 0 Å². The van der Waals surface area contributed by atoms with Crippen LogP contribution in [0.15, 0.2) is 40.8 Å². The second kappa shape index (κ2) is 5.37. The third-order valence-electron chi connectivity index (χ3n) is 2.39. The molecule has 3 N–H and O–H groups in total. The average Bonchev–Trinajstić information content (AvgIpc) is 2.84. The highest BCUT2D eigenvalue weighted by molar-refractivity contribution is 5.90. The molecule has 2 rings (SSSR count). The lowest BCUT2D eigenvalue weighted by Crippen LogP contribution is -2.29. The highest BCUT2D eigenvalue weighted by Gasteiger charge is 2.09. The van der Waals surface area contributed by atoms with Gasteiger partial charge in [0.25, 0.3) is 0 Å². The number of nitrogen functional groups attached to an aromatic ring is 1. The van der Waals surface area contributed by atoms with E-state index in [1.165, 1.54) is 0 Å². The number of amides is 1. The summed E-state index contributed by atoms with van der Waals surface area (Å²) in [6, 6.07) is 10.9. The zero-order valence-corrected chi connectivity index (χ0v) is 9.97. The van der Waals surface area contributed by atoms with Gasteiger partial charge in [0.05, 0.1) is 0 Å². The number of hydrazine groups is 1. The normalized spacial score (nSPS) is 10.1. The number of benzene rings is 1. The SMILES string of the molecule is Cc1cccc(OCc2ccc(C(=O)NN)o2)c1. The van der Waals surface area contributed by atoms with Gasteiger partial charge in [-0.05, 0) is 36.8 Å². The second-order valence-corrected chi connectivity index (χ2v) is 3.84. The predicted molar refractivity (Wildman–Crippen MR) is 65.9 cm³/mol. The minimum Gasteiger partial charge on any atom is -0.486 e. The van der Waals surface area contributed by atoms with Crippen molar-refractivity contribution in [3.63, 3.8) is 0 Å². The monoisotopic (exact) mass is 246 g/mol. The quantitative estimate of drug-likeness (QED) is 0.489. The van der Waals surface area contributed by atoms with Crippen molar-refractivity contribution in [3.8, 4) is 5.75 Å². The Hall–Kier alpha value is -2.27. The minimum absolute atomic E-state index is 0.167. The molecular weight excluding hydrogens is 232 g/mol. The third-order valence-corrected chi connectivity index (χ3v) is 2.39. The van der Waals surface area contributed by atoms with Gasteiger partial charge in [0, 0.05) is 0 Å². The Morgan fingerprint density at radius 1 is 1.39 bits per heavy atom. The maximum absolute atomic E-state index is 11.2. The first kappa shape index (κ1) is 12.2. The summed E-state index contributed by atoms with van der Waals surface area (Å²) in [6.07, 6.45) is 0. The number of hydrogen-bond donors (Lipinski definition) is 2. The van der Waals surface area contributed by atoms with Crippen molar-refractivity contribution in [2.45, 2.75) is 13.5 Å². The van der Waals surface area contributed by atoms with E-state index in [1.807, 2.05) is 36.6 Å². The lowest BCUT2D eigenvalue weighted by Gasteiger charge is -2.04. The number of nitrogens with one attached hydrogen (secondary N) is 1. The van der Waals surface area contributed by atoms with Crippen LogP contribution in [0.25, 0.3) is 0 Å². The molecule has 5 nitrogen and oxygen atoms in total. The van der Waals surface area contributed by atoms with Gasteiger partial charge < -0.3 is 9.15 Å². The van der Waals surface area contributed by atoms with Crippen LogP contribution < -0.4 is 16.0 Å². The van der Waals surface area contributed by atoms with Gasteiger partial charge in [-0.1, -0.05) is 12.1 Å². The van der Waals surface area contributed by atoms with E-state index < -0.39 is 5.91 Å². The predicted octanol–water partition coefficient (Wildman–Crippen LogP) is 1.77. The summed E-state index contributed by atoms with van der Waals surface area (Å²) in [5, 5.41) is 0. The summed E-state index contributed by atoms with van der Waals surface area (Å²) in [4.78, 5) is 11.2. The van der Waals surface area contributed by atoms with Crippen LogP contribution in [0, 0.1) is 6.92 Å². The molecule has 0 saturated heterocycles. The van der Waals surface area contributed by atoms with Crippen LogP contribution in [0.5, 0.6) is 5.75 Å². The highest BCUT2D eigenvalue weighted by atomic mass is 16.5. The van der Waals surface area contributed by atoms with Gasteiger partial charge in [-0.2, -0.15) is 0 Å². The van der Waals surface area contributed by atoms with Crippen molar-refractivity contribution in [1.29, 1.82) is 0 Å². The van der Waals surface area contributed by atoms with Gasteiger partial charge in [0.15, 0.2) is 5.76 Å². The van der Waals surface area contributed by atoms with Crippen LogP contribution in [0.4, 0.5) is 0 Å². The van der Waals surface area contributed by atoms with Crippen LogP contribution in [0.3, 0.4) is 0 Å². The molecular formula is C13H14N2O3. The average molecular weight is 246 g/mol. The second-order valence-electron chi connectivity index (χ2n) is 3.84. The Kier molecular flexibility index (Phi) is 3.64. The zero-order chi connectivity index (χ0) is 13.0. The summed E-state index contributed by atoms with van der Waals surface area (Å²) in [5.74, 6) is 6.04. The molecule has 0 spiro atoms. The van der Waals surface area contributed by atoms with Gasteiger partial charge in [-0.25, -0.2) is 5.84 Å². The van der Waals surface area contributed by atoms with E-state index in [1.54, 1.807) is 12.1 Å². The molecule has 5 heteroatoms. The molecule has 1 amide bonds. The molecule has 0 aliphatic heterocycles. The van der Waals surface area contributed by atoms with Crippen molar-refractivity contribution >= 4 is 5.91 Å². The third kappa shape index (κ3) is 2.89. The number of ether oxygens (including phenoxy) is 1. The van der Waals surface area contributed by atoms with Gasteiger partial charge in [-0.15, -0.1) is 0 Å². The van der Waals surface area contributed by atoms with Crippen molar-refractivity contribution in [2.24, 2.45) is 5.84 Å². The van der Waals surface area contributed by atoms with E-state index in [9.17, 15) is 4.79 Å². The van der Waals surface area contributed by atoms with E-state index in [0.29, 0.717) is 5.76 Å². The largest absolute Gasteiger partial charge is 0.486 e. The van der Waals surface area contributed by atoms with Gasteiger partial charge in [-0.3, -0.25) is 10.2 Å². The fraction of sp³-hybridized carbons (Fsp3) is 0.154. The van der Waals surface area contributed by atoms with Crippen LogP contribution in [0.1, 0.15) is 21.9 Å². The Morgan fingerprint density at radius 2 is 2.22 bits per heavy atom. The lowest BCUT2D eigenvalue weighted by atomic mass is 10.2. The number of carbonyl (C=O) groups excluding carboxylic acids is 1. The maximum Gasteiger partial charge on any atom is 0.300 e. The smallest absolute Gasteiger partial charge is 0.300 e. The first-order valence-electron chi connectivity index (χ1n) is 5.48. The fourth-order valence-electron chi connectivity index (χ4n) is 1.51. The highest BCUT2D eigenvalue weighted by Crippen LogP contribution is 2.15. The standard InChI is InChI=1S/C13H14N2O3/c1-9-3-2-4-10(7-9)17-8-11-5-6-12(18-11)13(16)15-14/h2-7H,8,14H2,1H3,(H,15,16). The van der Waals surface area contributed by atoms with Crippen LogP contribution >= 0.6 is 0 Å².